The smallest absolute Gasteiger partial charge is 0.249 e. The predicted octanol–water partition coefficient (Wildman–Crippen LogP) is -0.436. The van der Waals surface area contributed by atoms with E-state index in [9.17, 15) is 9.59 Å². The molecule has 2 amide bonds. The van der Waals surface area contributed by atoms with E-state index in [0.717, 1.165) is 0 Å². The van der Waals surface area contributed by atoms with Crippen molar-refractivity contribution in [2.45, 2.75) is 26.4 Å². The number of rotatable bonds is 6. The predicted molar refractivity (Wildman–Crippen MR) is 42.7 cm³/mol. The SMILES string of the molecule is CC(C)CC(ONC=O)C(N)=O. The van der Waals surface area contributed by atoms with Crippen molar-refractivity contribution in [3.8, 4) is 0 Å². The van der Waals surface area contributed by atoms with Gasteiger partial charge in [0.25, 0.3) is 0 Å². The van der Waals surface area contributed by atoms with Gasteiger partial charge in [0.05, 0.1) is 0 Å². The second-order valence-corrected chi connectivity index (χ2v) is 2.87. The molecule has 0 radical (unpaired) electrons. The summed E-state index contributed by atoms with van der Waals surface area (Å²) in [5, 5.41) is 0. The number of hydroxylamine groups is 1. The molecule has 3 N–H and O–H groups in total. The standard InChI is InChI=1S/C7H14N2O3/c1-5(2)3-6(7(8)11)12-9-4-10/h4-6H,3H2,1-2H3,(H2,8,11)(H,9,10). The van der Waals surface area contributed by atoms with Gasteiger partial charge in [-0.3, -0.25) is 14.4 Å². The van der Waals surface area contributed by atoms with E-state index in [4.69, 9.17) is 5.73 Å². The Morgan fingerprint density at radius 1 is 1.67 bits per heavy atom. The summed E-state index contributed by atoms with van der Waals surface area (Å²) in [5.74, 6) is -0.283. The summed E-state index contributed by atoms with van der Waals surface area (Å²) >= 11 is 0. The second-order valence-electron chi connectivity index (χ2n) is 2.87. The highest BCUT2D eigenvalue weighted by Gasteiger charge is 2.17. The molecule has 5 heteroatoms. The van der Waals surface area contributed by atoms with Gasteiger partial charge in [0.2, 0.25) is 12.3 Å². The van der Waals surface area contributed by atoms with Crippen molar-refractivity contribution in [3.05, 3.63) is 0 Å². The average Bonchev–Trinajstić information content (AvgIpc) is 1.96. The zero-order valence-corrected chi connectivity index (χ0v) is 7.24. The maximum absolute atomic E-state index is 10.7. The van der Waals surface area contributed by atoms with E-state index in [1.54, 1.807) is 0 Å². The number of carbonyl (C=O) groups excluding carboxylic acids is 2. The number of primary amides is 1. The molecule has 1 unspecified atom stereocenters. The number of nitrogens with two attached hydrogens (primary N) is 1. The van der Waals surface area contributed by atoms with Crippen LogP contribution in [0.15, 0.2) is 0 Å². The van der Waals surface area contributed by atoms with Gasteiger partial charge in [0, 0.05) is 0 Å². The molecule has 0 aliphatic carbocycles. The first-order valence-electron chi connectivity index (χ1n) is 3.72. The first-order chi connectivity index (χ1) is 5.57. The zero-order chi connectivity index (χ0) is 9.56. The lowest BCUT2D eigenvalue weighted by Crippen LogP contribution is -2.36. The fourth-order valence-corrected chi connectivity index (χ4v) is 0.760. The van der Waals surface area contributed by atoms with Crippen molar-refractivity contribution in [2.75, 3.05) is 0 Å². The number of hydrogen-bond donors (Lipinski definition) is 2. The van der Waals surface area contributed by atoms with Crippen LogP contribution in [0, 0.1) is 5.92 Å². The number of carbonyl (C=O) groups is 2. The van der Waals surface area contributed by atoms with Crippen molar-refractivity contribution >= 4 is 12.3 Å². The van der Waals surface area contributed by atoms with Gasteiger partial charge in [-0.2, -0.15) is 0 Å². The molecule has 0 saturated carbocycles. The fourth-order valence-electron chi connectivity index (χ4n) is 0.760. The third-order valence-corrected chi connectivity index (χ3v) is 1.26. The van der Waals surface area contributed by atoms with E-state index < -0.39 is 12.0 Å². The Balaban J connectivity index is 3.86. The molecule has 0 bridgehead atoms. The largest absolute Gasteiger partial charge is 0.367 e. The van der Waals surface area contributed by atoms with Crippen molar-refractivity contribution in [1.82, 2.24) is 5.48 Å². The summed E-state index contributed by atoms with van der Waals surface area (Å²) in [5.41, 5.74) is 6.96. The maximum atomic E-state index is 10.7. The van der Waals surface area contributed by atoms with Crippen LogP contribution in [0.5, 0.6) is 0 Å². The summed E-state index contributed by atoms with van der Waals surface area (Å²) in [6, 6.07) is 0. The van der Waals surface area contributed by atoms with Gasteiger partial charge in [-0.15, -0.1) is 0 Å². The van der Waals surface area contributed by atoms with E-state index in [2.05, 4.69) is 4.84 Å². The minimum Gasteiger partial charge on any atom is -0.367 e. The second kappa shape index (κ2) is 5.54. The molecule has 0 fully saturated rings. The third-order valence-electron chi connectivity index (χ3n) is 1.26. The van der Waals surface area contributed by atoms with E-state index in [1.165, 1.54) is 0 Å². The molecular formula is C7H14N2O3. The Labute approximate surface area is 71.2 Å². The Kier molecular flexibility index (Phi) is 5.03. The molecule has 70 valence electrons. The van der Waals surface area contributed by atoms with Crippen molar-refractivity contribution in [2.24, 2.45) is 11.7 Å². The number of hydrogen-bond acceptors (Lipinski definition) is 3. The monoisotopic (exact) mass is 174 g/mol. The topological polar surface area (TPSA) is 81.4 Å². The van der Waals surface area contributed by atoms with Gasteiger partial charge in [-0.25, -0.2) is 5.48 Å². The molecule has 5 nitrogen and oxygen atoms in total. The number of nitrogens with one attached hydrogen (secondary N) is 1. The van der Waals surface area contributed by atoms with Gasteiger partial charge in [-0.05, 0) is 12.3 Å². The third kappa shape index (κ3) is 4.68. The molecule has 0 spiro atoms. The lowest BCUT2D eigenvalue weighted by atomic mass is 10.1. The molecule has 0 saturated heterocycles. The highest BCUT2D eigenvalue weighted by molar-refractivity contribution is 5.78. The summed E-state index contributed by atoms with van der Waals surface area (Å²) in [4.78, 5) is 25.2. The summed E-state index contributed by atoms with van der Waals surface area (Å²) < 4.78 is 0. The van der Waals surface area contributed by atoms with Crippen LogP contribution < -0.4 is 11.2 Å². The van der Waals surface area contributed by atoms with Crippen LogP contribution in [0.25, 0.3) is 0 Å². The fraction of sp³-hybridized carbons (Fsp3) is 0.714. The van der Waals surface area contributed by atoms with Gasteiger partial charge in [0.1, 0.15) is 0 Å². The summed E-state index contributed by atoms with van der Waals surface area (Å²) in [6.07, 6.45) is 0.113. The molecule has 0 aromatic heterocycles. The highest BCUT2D eigenvalue weighted by atomic mass is 16.7. The van der Waals surface area contributed by atoms with Gasteiger partial charge in [-0.1, -0.05) is 13.8 Å². The molecule has 0 aromatic carbocycles. The summed E-state index contributed by atoms with van der Waals surface area (Å²) in [6.45, 7) is 3.86. The lowest BCUT2D eigenvalue weighted by molar-refractivity contribution is -0.141. The van der Waals surface area contributed by atoms with E-state index in [1.807, 2.05) is 19.3 Å². The van der Waals surface area contributed by atoms with Gasteiger partial charge in [0.15, 0.2) is 6.10 Å². The molecule has 0 aliphatic heterocycles. The highest BCUT2D eigenvalue weighted by Crippen LogP contribution is 2.06. The normalized spacial score (nSPS) is 12.6. The molecule has 0 aromatic rings. The van der Waals surface area contributed by atoms with Gasteiger partial charge >= 0.3 is 0 Å². The lowest BCUT2D eigenvalue weighted by Gasteiger charge is -2.14. The van der Waals surface area contributed by atoms with Crippen LogP contribution in [-0.2, 0) is 14.4 Å². The van der Waals surface area contributed by atoms with Crippen LogP contribution in [0.1, 0.15) is 20.3 Å². The summed E-state index contributed by atoms with van der Waals surface area (Å²) in [7, 11) is 0. The Morgan fingerprint density at radius 3 is 2.58 bits per heavy atom. The molecule has 1 atom stereocenters. The van der Waals surface area contributed by atoms with Crippen LogP contribution in [0.4, 0.5) is 0 Å². The van der Waals surface area contributed by atoms with Crippen molar-refractivity contribution < 1.29 is 14.4 Å². The maximum Gasteiger partial charge on any atom is 0.249 e. The quantitative estimate of drug-likeness (QED) is 0.423. The van der Waals surface area contributed by atoms with Crippen LogP contribution in [-0.4, -0.2) is 18.4 Å². The van der Waals surface area contributed by atoms with E-state index in [0.29, 0.717) is 12.8 Å². The van der Waals surface area contributed by atoms with Crippen molar-refractivity contribution in [1.29, 1.82) is 0 Å². The number of amides is 2. The molecule has 0 aliphatic rings. The van der Waals surface area contributed by atoms with Crippen LogP contribution >= 0.6 is 0 Å². The zero-order valence-electron chi connectivity index (χ0n) is 7.24. The molecular weight excluding hydrogens is 160 g/mol. The van der Waals surface area contributed by atoms with E-state index in [-0.39, 0.29) is 5.92 Å². The minimum absolute atomic E-state index is 0.288. The first kappa shape index (κ1) is 10.9. The Morgan fingerprint density at radius 2 is 2.25 bits per heavy atom. The van der Waals surface area contributed by atoms with Crippen molar-refractivity contribution in [3.63, 3.8) is 0 Å². The average molecular weight is 174 g/mol. The van der Waals surface area contributed by atoms with Crippen LogP contribution in [0.2, 0.25) is 0 Å². The Hall–Kier alpha value is -1.10. The van der Waals surface area contributed by atoms with Gasteiger partial charge < -0.3 is 5.73 Å². The van der Waals surface area contributed by atoms with Crippen LogP contribution in [0.3, 0.4) is 0 Å². The molecule has 0 heterocycles. The molecule has 0 rings (SSSR count). The first-order valence-corrected chi connectivity index (χ1v) is 3.72. The molecule has 12 heavy (non-hydrogen) atoms. The Bertz CT molecular complexity index is 159. The van der Waals surface area contributed by atoms with E-state index >= 15 is 0 Å². The minimum atomic E-state index is -0.741.